The van der Waals surface area contributed by atoms with Crippen LogP contribution in [-0.2, 0) is 16.0 Å². The number of nitrogens with two attached hydrogens (primary N) is 1. The van der Waals surface area contributed by atoms with E-state index in [1.165, 1.54) is 4.90 Å². The van der Waals surface area contributed by atoms with Crippen LogP contribution in [0.15, 0.2) is 24.3 Å². The number of carbonyl (C=O) groups excluding carboxylic acids is 1. The van der Waals surface area contributed by atoms with Crippen molar-refractivity contribution in [1.29, 1.82) is 0 Å². The molecule has 1 fully saturated rings. The molecule has 0 aromatic heterocycles. The maximum atomic E-state index is 12.1. The van der Waals surface area contributed by atoms with Crippen molar-refractivity contribution in [2.45, 2.75) is 25.7 Å². The number of aliphatic carboxylic acids is 1. The number of amides is 1. The van der Waals surface area contributed by atoms with Gasteiger partial charge in [-0.2, -0.15) is 0 Å². The number of carboxylic acids is 1. The molecule has 20 heavy (non-hydrogen) atoms. The van der Waals surface area contributed by atoms with Gasteiger partial charge in [0.25, 0.3) is 0 Å². The topological polar surface area (TPSA) is 83.6 Å². The van der Waals surface area contributed by atoms with Crippen molar-refractivity contribution in [3.05, 3.63) is 29.8 Å². The van der Waals surface area contributed by atoms with Gasteiger partial charge in [0.15, 0.2) is 0 Å². The van der Waals surface area contributed by atoms with Crippen LogP contribution in [-0.4, -0.2) is 35.0 Å². The van der Waals surface area contributed by atoms with Gasteiger partial charge in [-0.05, 0) is 42.9 Å². The molecule has 1 aliphatic rings. The number of rotatable bonds is 7. The van der Waals surface area contributed by atoms with Gasteiger partial charge in [0.2, 0.25) is 5.91 Å². The van der Waals surface area contributed by atoms with Crippen molar-refractivity contribution in [1.82, 2.24) is 4.90 Å². The summed E-state index contributed by atoms with van der Waals surface area (Å²) in [6.07, 6.45) is 3.15. The van der Waals surface area contributed by atoms with Gasteiger partial charge in [0.1, 0.15) is 6.54 Å². The van der Waals surface area contributed by atoms with Gasteiger partial charge in [0.05, 0.1) is 0 Å². The van der Waals surface area contributed by atoms with Crippen LogP contribution in [0, 0.1) is 5.92 Å². The first kappa shape index (κ1) is 14.4. The number of carboxylic acid groups (broad SMARTS) is 1. The zero-order chi connectivity index (χ0) is 14.5. The normalized spacial score (nSPS) is 14.0. The summed E-state index contributed by atoms with van der Waals surface area (Å²) < 4.78 is 0. The Bertz CT molecular complexity index is 480. The quantitative estimate of drug-likeness (QED) is 0.740. The summed E-state index contributed by atoms with van der Waals surface area (Å²) in [7, 11) is 0. The Hall–Kier alpha value is -2.04. The second kappa shape index (κ2) is 6.41. The Balaban J connectivity index is 1.86. The van der Waals surface area contributed by atoms with Gasteiger partial charge in [0, 0.05) is 18.7 Å². The third-order valence-electron chi connectivity index (χ3n) is 3.46. The van der Waals surface area contributed by atoms with E-state index < -0.39 is 5.97 Å². The predicted molar refractivity (Wildman–Crippen MR) is 76.1 cm³/mol. The van der Waals surface area contributed by atoms with Crippen LogP contribution in [0.1, 0.15) is 24.8 Å². The number of anilines is 1. The van der Waals surface area contributed by atoms with E-state index in [2.05, 4.69) is 0 Å². The van der Waals surface area contributed by atoms with E-state index in [-0.39, 0.29) is 12.5 Å². The van der Waals surface area contributed by atoms with Gasteiger partial charge in [-0.3, -0.25) is 9.59 Å². The maximum Gasteiger partial charge on any atom is 0.323 e. The molecule has 1 aromatic carbocycles. The molecule has 0 unspecified atom stereocenters. The molecule has 1 amide bonds. The lowest BCUT2D eigenvalue weighted by atomic mass is 10.1. The molecular weight excluding hydrogens is 256 g/mol. The van der Waals surface area contributed by atoms with Crippen LogP contribution in [0.3, 0.4) is 0 Å². The number of benzene rings is 1. The lowest BCUT2D eigenvalue weighted by Crippen LogP contribution is -2.37. The smallest absolute Gasteiger partial charge is 0.323 e. The van der Waals surface area contributed by atoms with E-state index in [0.717, 1.165) is 18.4 Å². The Morgan fingerprint density at radius 2 is 1.90 bits per heavy atom. The Labute approximate surface area is 118 Å². The van der Waals surface area contributed by atoms with E-state index >= 15 is 0 Å². The van der Waals surface area contributed by atoms with Crippen molar-refractivity contribution in [2.75, 3.05) is 18.8 Å². The van der Waals surface area contributed by atoms with Crippen LogP contribution in [0.2, 0.25) is 0 Å². The van der Waals surface area contributed by atoms with Gasteiger partial charge in [-0.25, -0.2) is 0 Å². The molecule has 2 rings (SSSR count). The zero-order valence-corrected chi connectivity index (χ0v) is 11.4. The highest BCUT2D eigenvalue weighted by Gasteiger charge is 2.27. The number of aryl methyl sites for hydroxylation is 1. The molecule has 0 saturated heterocycles. The maximum absolute atomic E-state index is 12.1. The van der Waals surface area contributed by atoms with Gasteiger partial charge < -0.3 is 15.7 Å². The van der Waals surface area contributed by atoms with E-state index in [0.29, 0.717) is 31.0 Å². The molecule has 0 heterocycles. The molecule has 5 heteroatoms. The predicted octanol–water partition coefficient (Wildman–Crippen LogP) is 1.52. The SMILES string of the molecule is Nc1ccc(CCC(=O)N(CC(=O)O)CC2CC2)cc1. The van der Waals surface area contributed by atoms with Crippen LogP contribution in [0.25, 0.3) is 0 Å². The minimum absolute atomic E-state index is 0.0869. The number of nitrogen functional groups attached to an aromatic ring is 1. The zero-order valence-electron chi connectivity index (χ0n) is 11.4. The van der Waals surface area contributed by atoms with Crippen molar-refractivity contribution >= 4 is 17.6 Å². The fourth-order valence-corrected chi connectivity index (χ4v) is 2.12. The second-order valence-corrected chi connectivity index (χ2v) is 5.35. The standard InChI is InChI=1S/C15H20N2O3/c16-13-6-3-11(4-7-13)5-8-14(18)17(10-15(19)20)9-12-1-2-12/h3-4,6-7,12H,1-2,5,8-10,16H2,(H,19,20). The first-order valence-corrected chi connectivity index (χ1v) is 6.88. The largest absolute Gasteiger partial charge is 0.480 e. The number of hydrogen-bond acceptors (Lipinski definition) is 3. The summed E-state index contributed by atoms with van der Waals surface area (Å²) >= 11 is 0. The molecule has 1 aromatic rings. The minimum atomic E-state index is -0.952. The lowest BCUT2D eigenvalue weighted by Gasteiger charge is -2.20. The van der Waals surface area contributed by atoms with E-state index in [1.807, 2.05) is 12.1 Å². The molecule has 0 bridgehead atoms. The average Bonchev–Trinajstić information content (AvgIpc) is 3.20. The van der Waals surface area contributed by atoms with Crippen molar-refractivity contribution < 1.29 is 14.7 Å². The molecule has 0 atom stereocenters. The second-order valence-electron chi connectivity index (χ2n) is 5.35. The van der Waals surface area contributed by atoms with Gasteiger partial charge in [-0.1, -0.05) is 12.1 Å². The number of nitrogens with zero attached hydrogens (tertiary/aromatic N) is 1. The summed E-state index contributed by atoms with van der Waals surface area (Å²) in [5.41, 5.74) is 7.34. The van der Waals surface area contributed by atoms with Crippen LogP contribution < -0.4 is 5.73 Å². The number of hydrogen-bond donors (Lipinski definition) is 2. The highest BCUT2D eigenvalue weighted by molar-refractivity contribution is 5.81. The summed E-state index contributed by atoms with van der Waals surface area (Å²) in [4.78, 5) is 24.4. The monoisotopic (exact) mass is 276 g/mol. The molecule has 0 radical (unpaired) electrons. The van der Waals surface area contributed by atoms with E-state index in [1.54, 1.807) is 12.1 Å². The van der Waals surface area contributed by atoms with Crippen molar-refractivity contribution in [3.63, 3.8) is 0 Å². The molecule has 1 saturated carbocycles. The molecule has 5 nitrogen and oxygen atoms in total. The fraction of sp³-hybridized carbons (Fsp3) is 0.467. The van der Waals surface area contributed by atoms with Crippen LogP contribution >= 0.6 is 0 Å². The van der Waals surface area contributed by atoms with Gasteiger partial charge >= 0.3 is 5.97 Å². The van der Waals surface area contributed by atoms with Crippen molar-refractivity contribution in [2.24, 2.45) is 5.92 Å². The molecule has 0 spiro atoms. The molecule has 108 valence electrons. The summed E-state index contributed by atoms with van der Waals surface area (Å²) in [5, 5.41) is 8.87. The Morgan fingerprint density at radius 3 is 2.45 bits per heavy atom. The molecule has 0 aliphatic heterocycles. The molecule has 3 N–H and O–H groups in total. The first-order valence-electron chi connectivity index (χ1n) is 6.88. The van der Waals surface area contributed by atoms with Crippen LogP contribution in [0.5, 0.6) is 0 Å². The summed E-state index contributed by atoms with van der Waals surface area (Å²) in [6.45, 7) is 0.379. The molecular formula is C15H20N2O3. The van der Waals surface area contributed by atoms with Crippen LogP contribution in [0.4, 0.5) is 5.69 Å². The molecule has 1 aliphatic carbocycles. The number of carbonyl (C=O) groups is 2. The average molecular weight is 276 g/mol. The first-order chi connectivity index (χ1) is 9.54. The fourth-order valence-electron chi connectivity index (χ4n) is 2.12. The van der Waals surface area contributed by atoms with E-state index in [9.17, 15) is 9.59 Å². The minimum Gasteiger partial charge on any atom is -0.480 e. The highest BCUT2D eigenvalue weighted by Crippen LogP contribution is 2.29. The Morgan fingerprint density at radius 1 is 1.25 bits per heavy atom. The van der Waals surface area contributed by atoms with Crippen molar-refractivity contribution in [3.8, 4) is 0 Å². The third-order valence-corrected chi connectivity index (χ3v) is 3.46. The highest BCUT2D eigenvalue weighted by atomic mass is 16.4. The lowest BCUT2D eigenvalue weighted by molar-refractivity contribution is -0.144. The summed E-state index contributed by atoms with van der Waals surface area (Å²) in [6, 6.07) is 7.40. The van der Waals surface area contributed by atoms with E-state index in [4.69, 9.17) is 10.8 Å². The van der Waals surface area contributed by atoms with Gasteiger partial charge in [-0.15, -0.1) is 0 Å². The summed E-state index contributed by atoms with van der Waals surface area (Å²) in [5.74, 6) is -0.544. The Kier molecular flexibility index (Phi) is 4.61. The third kappa shape index (κ3) is 4.57.